The molecule has 1 aliphatic heterocycles. The van der Waals surface area contributed by atoms with Crippen LogP contribution in [0.3, 0.4) is 0 Å². The molecule has 1 heterocycles. The Labute approximate surface area is 125 Å². The predicted molar refractivity (Wildman–Crippen MR) is 85.0 cm³/mol. The molecule has 0 bridgehead atoms. The van der Waals surface area contributed by atoms with Gasteiger partial charge in [-0.2, -0.15) is 0 Å². The van der Waals surface area contributed by atoms with Gasteiger partial charge in [-0.05, 0) is 26.2 Å². The van der Waals surface area contributed by atoms with Crippen molar-refractivity contribution in [3.05, 3.63) is 28.3 Å². The van der Waals surface area contributed by atoms with E-state index in [-0.39, 0.29) is 10.6 Å². The van der Waals surface area contributed by atoms with E-state index in [2.05, 4.69) is 34.5 Å². The molecule has 7 nitrogen and oxygen atoms in total. The third-order valence-electron chi connectivity index (χ3n) is 4.00. The summed E-state index contributed by atoms with van der Waals surface area (Å²) in [6.45, 7) is 3.72. The number of hydrogen-bond donors (Lipinski definition) is 2. The summed E-state index contributed by atoms with van der Waals surface area (Å²) in [5.41, 5.74) is 1.19. The molecule has 116 valence electrons. The van der Waals surface area contributed by atoms with Crippen molar-refractivity contribution in [1.29, 1.82) is 0 Å². The van der Waals surface area contributed by atoms with Crippen LogP contribution < -0.4 is 10.6 Å². The summed E-state index contributed by atoms with van der Waals surface area (Å²) in [6.07, 6.45) is 0. The number of hydrogen-bond acceptors (Lipinski definition) is 6. The highest BCUT2D eigenvalue weighted by atomic mass is 16.6. The Hall–Kier alpha value is -1.86. The van der Waals surface area contributed by atoms with Crippen LogP contribution in [0.5, 0.6) is 0 Å². The number of likely N-dealkylation sites (N-methyl/N-ethyl adjacent to an activating group) is 2. The standard InChI is InChI=1S/C14H23N5O2/c1-15-12-5-4-6-13(14(12)19(20)21)16-9-11-10-17(2)7-8-18(11)3/h4-6,11,15-16H,7-10H2,1-3H3. The Morgan fingerprint density at radius 1 is 1.33 bits per heavy atom. The largest absolute Gasteiger partial charge is 0.382 e. The van der Waals surface area contributed by atoms with Gasteiger partial charge in [0.1, 0.15) is 11.4 Å². The zero-order chi connectivity index (χ0) is 15.4. The molecular weight excluding hydrogens is 270 g/mol. The minimum absolute atomic E-state index is 0.104. The highest BCUT2D eigenvalue weighted by molar-refractivity contribution is 5.76. The van der Waals surface area contributed by atoms with Gasteiger partial charge in [-0.3, -0.25) is 15.0 Å². The van der Waals surface area contributed by atoms with Crippen molar-refractivity contribution < 1.29 is 4.92 Å². The highest BCUT2D eigenvalue weighted by Gasteiger charge is 2.24. The molecule has 21 heavy (non-hydrogen) atoms. The van der Waals surface area contributed by atoms with Crippen molar-refractivity contribution in [2.75, 3.05) is 58.0 Å². The Balaban J connectivity index is 2.11. The second-order valence-electron chi connectivity index (χ2n) is 5.49. The molecular formula is C14H23N5O2. The minimum Gasteiger partial charge on any atom is -0.382 e. The molecule has 1 atom stereocenters. The lowest BCUT2D eigenvalue weighted by Crippen LogP contribution is -2.52. The summed E-state index contributed by atoms with van der Waals surface area (Å²) < 4.78 is 0. The average molecular weight is 293 g/mol. The quantitative estimate of drug-likeness (QED) is 0.629. The average Bonchev–Trinajstić information content (AvgIpc) is 2.47. The third-order valence-corrected chi connectivity index (χ3v) is 4.00. The first-order chi connectivity index (χ1) is 10.0. The molecule has 0 saturated carbocycles. The van der Waals surface area contributed by atoms with Gasteiger partial charge in [-0.25, -0.2) is 0 Å². The molecule has 1 aromatic carbocycles. The van der Waals surface area contributed by atoms with E-state index in [1.807, 2.05) is 6.07 Å². The second-order valence-corrected chi connectivity index (χ2v) is 5.49. The van der Waals surface area contributed by atoms with E-state index in [4.69, 9.17) is 0 Å². The summed E-state index contributed by atoms with van der Waals surface area (Å²) >= 11 is 0. The SMILES string of the molecule is CNc1cccc(NCC2CN(C)CCN2C)c1[N+](=O)[O-]. The maximum Gasteiger partial charge on any atom is 0.315 e. The van der Waals surface area contributed by atoms with Gasteiger partial charge in [-0.1, -0.05) is 6.07 Å². The van der Waals surface area contributed by atoms with E-state index in [1.165, 1.54) is 0 Å². The van der Waals surface area contributed by atoms with E-state index in [9.17, 15) is 10.1 Å². The van der Waals surface area contributed by atoms with E-state index >= 15 is 0 Å². The Bertz CT molecular complexity index is 508. The van der Waals surface area contributed by atoms with Crippen LogP contribution in [0.4, 0.5) is 17.1 Å². The van der Waals surface area contributed by atoms with Crippen molar-refractivity contribution in [2.45, 2.75) is 6.04 Å². The van der Waals surface area contributed by atoms with Crippen LogP contribution in [0.1, 0.15) is 0 Å². The van der Waals surface area contributed by atoms with Gasteiger partial charge in [-0.15, -0.1) is 0 Å². The first kappa shape index (κ1) is 15.5. The van der Waals surface area contributed by atoms with Crippen LogP contribution >= 0.6 is 0 Å². The Morgan fingerprint density at radius 3 is 2.71 bits per heavy atom. The smallest absolute Gasteiger partial charge is 0.315 e. The normalized spacial score (nSPS) is 20.2. The molecule has 1 aliphatic rings. The first-order valence-corrected chi connectivity index (χ1v) is 7.10. The number of nitro groups is 1. The molecule has 2 N–H and O–H groups in total. The van der Waals surface area contributed by atoms with Crippen LogP contribution in [0.25, 0.3) is 0 Å². The number of benzene rings is 1. The molecule has 0 amide bonds. The topological polar surface area (TPSA) is 73.7 Å². The van der Waals surface area contributed by atoms with Gasteiger partial charge in [0, 0.05) is 39.3 Å². The monoisotopic (exact) mass is 293 g/mol. The number of anilines is 2. The summed E-state index contributed by atoms with van der Waals surface area (Å²) in [5, 5.41) is 17.4. The molecule has 1 unspecified atom stereocenters. The molecule has 1 saturated heterocycles. The summed E-state index contributed by atoms with van der Waals surface area (Å²) in [5.74, 6) is 0. The van der Waals surface area contributed by atoms with Gasteiger partial charge in [0.2, 0.25) is 0 Å². The summed E-state index contributed by atoms with van der Waals surface area (Å²) in [7, 11) is 5.89. The first-order valence-electron chi connectivity index (χ1n) is 7.10. The molecule has 1 aromatic rings. The van der Waals surface area contributed by atoms with Crippen molar-refractivity contribution in [2.24, 2.45) is 0 Å². The Kier molecular flexibility index (Phi) is 4.98. The molecule has 7 heteroatoms. The second kappa shape index (κ2) is 6.73. The fourth-order valence-corrected chi connectivity index (χ4v) is 2.63. The number of piperazine rings is 1. The molecule has 0 aromatic heterocycles. The van der Waals surface area contributed by atoms with Crippen LogP contribution in [0.15, 0.2) is 18.2 Å². The highest BCUT2D eigenvalue weighted by Crippen LogP contribution is 2.32. The van der Waals surface area contributed by atoms with Crippen molar-refractivity contribution >= 4 is 17.1 Å². The van der Waals surface area contributed by atoms with Crippen molar-refractivity contribution in [3.63, 3.8) is 0 Å². The van der Waals surface area contributed by atoms with Gasteiger partial charge in [0.25, 0.3) is 0 Å². The van der Waals surface area contributed by atoms with Crippen molar-refractivity contribution in [3.8, 4) is 0 Å². The number of nitrogens with one attached hydrogen (secondary N) is 2. The fourth-order valence-electron chi connectivity index (χ4n) is 2.63. The van der Waals surface area contributed by atoms with Crippen LogP contribution in [0.2, 0.25) is 0 Å². The van der Waals surface area contributed by atoms with E-state index in [1.54, 1.807) is 19.2 Å². The van der Waals surface area contributed by atoms with Crippen LogP contribution in [0, 0.1) is 10.1 Å². The van der Waals surface area contributed by atoms with Gasteiger partial charge >= 0.3 is 5.69 Å². The zero-order valence-electron chi connectivity index (χ0n) is 12.8. The molecule has 0 radical (unpaired) electrons. The molecule has 2 rings (SSSR count). The van der Waals surface area contributed by atoms with Crippen molar-refractivity contribution in [1.82, 2.24) is 9.80 Å². The summed E-state index contributed by atoms with van der Waals surface area (Å²) in [4.78, 5) is 15.5. The van der Waals surface area contributed by atoms with E-state index in [0.717, 1.165) is 19.6 Å². The Morgan fingerprint density at radius 2 is 2.05 bits per heavy atom. The van der Waals surface area contributed by atoms with E-state index < -0.39 is 0 Å². The van der Waals surface area contributed by atoms with Crippen LogP contribution in [-0.2, 0) is 0 Å². The number of para-hydroxylation sites is 1. The minimum atomic E-state index is -0.342. The lowest BCUT2D eigenvalue weighted by atomic mass is 10.1. The zero-order valence-corrected chi connectivity index (χ0v) is 12.8. The van der Waals surface area contributed by atoms with Crippen LogP contribution in [-0.4, -0.2) is 68.1 Å². The third kappa shape index (κ3) is 3.62. The predicted octanol–water partition coefficient (Wildman–Crippen LogP) is 1.29. The van der Waals surface area contributed by atoms with Gasteiger partial charge < -0.3 is 15.5 Å². The molecule has 0 aliphatic carbocycles. The number of nitro benzene ring substituents is 1. The van der Waals surface area contributed by atoms with Gasteiger partial charge in [0.05, 0.1) is 4.92 Å². The number of nitrogens with zero attached hydrogens (tertiary/aromatic N) is 3. The summed E-state index contributed by atoms with van der Waals surface area (Å²) in [6, 6.07) is 5.63. The van der Waals surface area contributed by atoms with Gasteiger partial charge in [0.15, 0.2) is 0 Å². The fraction of sp³-hybridized carbons (Fsp3) is 0.571. The lowest BCUT2D eigenvalue weighted by Gasteiger charge is -2.37. The molecule has 1 fully saturated rings. The maximum atomic E-state index is 11.3. The number of rotatable bonds is 5. The van der Waals surface area contributed by atoms with E-state index in [0.29, 0.717) is 24.0 Å². The molecule has 0 spiro atoms. The lowest BCUT2D eigenvalue weighted by molar-refractivity contribution is -0.383. The maximum absolute atomic E-state index is 11.3.